The van der Waals surface area contributed by atoms with Crippen LogP contribution in [0.1, 0.15) is 61.6 Å². The van der Waals surface area contributed by atoms with Crippen LogP contribution in [-0.2, 0) is 6.42 Å². The first kappa shape index (κ1) is 13.6. The monoisotopic (exact) mass is 280 g/mol. The molecule has 0 nitrogen and oxygen atoms in total. The van der Waals surface area contributed by atoms with Gasteiger partial charge < -0.3 is 0 Å². The largest absolute Gasteiger partial charge is 0.103 e. The summed E-state index contributed by atoms with van der Waals surface area (Å²) in [4.78, 5) is 0. The van der Waals surface area contributed by atoms with E-state index in [-0.39, 0.29) is 0 Å². The van der Waals surface area contributed by atoms with Crippen molar-refractivity contribution in [2.24, 2.45) is 23.2 Å². The van der Waals surface area contributed by atoms with Crippen molar-refractivity contribution in [1.82, 2.24) is 0 Å². The molecule has 2 saturated carbocycles. The number of rotatable bonds is 1. The fraction of sp³-hybridized carbons (Fsp3) is 0.619. The molecule has 1 aromatic carbocycles. The highest BCUT2D eigenvalue weighted by Gasteiger charge is 2.53. The second-order valence-corrected chi connectivity index (χ2v) is 8.08. The van der Waals surface area contributed by atoms with Crippen LogP contribution in [-0.4, -0.2) is 0 Å². The Kier molecular flexibility index (Phi) is 3.07. The van der Waals surface area contributed by atoms with Crippen LogP contribution in [0.25, 0.3) is 0 Å². The van der Waals surface area contributed by atoms with Crippen LogP contribution in [0.4, 0.5) is 0 Å². The standard InChI is InChI=1S/C21H28/c1-4-16-7-10-20-19-9-6-15-13-14(2)5-8-17(15)18(19)11-12-21(16,20)3/h4-5,8,13,16,18-20H,1,6-7,9-12H2,2-3H3. The third kappa shape index (κ3) is 1.87. The molecule has 1 aromatic rings. The maximum absolute atomic E-state index is 4.13. The predicted molar refractivity (Wildman–Crippen MR) is 89.5 cm³/mol. The Bertz CT molecular complexity index is 569. The minimum Gasteiger partial charge on any atom is -0.103 e. The fourth-order valence-electron chi connectivity index (χ4n) is 6.14. The topological polar surface area (TPSA) is 0 Å². The maximum atomic E-state index is 4.13. The number of fused-ring (bicyclic) bond motifs is 5. The molecule has 2 fully saturated rings. The van der Waals surface area contributed by atoms with Gasteiger partial charge in [-0.05, 0) is 85.7 Å². The van der Waals surface area contributed by atoms with Gasteiger partial charge in [0, 0.05) is 0 Å². The molecule has 21 heavy (non-hydrogen) atoms. The smallest absolute Gasteiger partial charge is 0.0128 e. The Hall–Kier alpha value is -1.04. The summed E-state index contributed by atoms with van der Waals surface area (Å²) < 4.78 is 0. The van der Waals surface area contributed by atoms with Crippen LogP contribution < -0.4 is 0 Å². The SMILES string of the molecule is C=CC1CCC2C3CCc4cc(C)ccc4C3CCC12C. The third-order valence-corrected chi connectivity index (χ3v) is 7.24. The summed E-state index contributed by atoms with van der Waals surface area (Å²) in [5.74, 6) is 3.48. The summed E-state index contributed by atoms with van der Waals surface area (Å²) in [7, 11) is 0. The summed E-state index contributed by atoms with van der Waals surface area (Å²) in [6.45, 7) is 8.93. The average Bonchev–Trinajstić information content (AvgIpc) is 2.83. The maximum Gasteiger partial charge on any atom is -0.0128 e. The highest BCUT2D eigenvalue weighted by molar-refractivity contribution is 5.37. The van der Waals surface area contributed by atoms with Crippen molar-refractivity contribution < 1.29 is 0 Å². The van der Waals surface area contributed by atoms with E-state index in [1.807, 2.05) is 0 Å². The van der Waals surface area contributed by atoms with E-state index >= 15 is 0 Å². The van der Waals surface area contributed by atoms with Crippen LogP contribution >= 0.6 is 0 Å². The van der Waals surface area contributed by atoms with Crippen LogP contribution in [0.2, 0.25) is 0 Å². The zero-order valence-corrected chi connectivity index (χ0v) is 13.6. The summed E-state index contributed by atoms with van der Waals surface area (Å²) in [6, 6.07) is 7.22. The van der Waals surface area contributed by atoms with Crippen molar-refractivity contribution in [3.63, 3.8) is 0 Å². The molecule has 0 N–H and O–H groups in total. The lowest BCUT2D eigenvalue weighted by Crippen LogP contribution is -2.41. The molecule has 0 heterocycles. The highest BCUT2D eigenvalue weighted by atomic mass is 14.6. The van der Waals surface area contributed by atoms with Gasteiger partial charge in [-0.2, -0.15) is 0 Å². The molecule has 0 aromatic heterocycles. The molecule has 3 aliphatic rings. The second kappa shape index (κ2) is 4.73. The molecular weight excluding hydrogens is 252 g/mol. The zero-order valence-electron chi connectivity index (χ0n) is 13.6. The van der Waals surface area contributed by atoms with E-state index < -0.39 is 0 Å². The lowest BCUT2D eigenvalue weighted by Gasteiger charge is -2.50. The molecule has 0 saturated heterocycles. The molecule has 0 radical (unpaired) electrons. The Morgan fingerprint density at radius 3 is 2.86 bits per heavy atom. The summed E-state index contributed by atoms with van der Waals surface area (Å²) >= 11 is 0. The minimum atomic E-state index is 0.547. The van der Waals surface area contributed by atoms with Gasteiger partial charge in [0.15, 0.2) is 0 Å². The van der Waals surface area contributed by atoms with E-state index in [1.165, 1.54) is 44.1 Å². The Balaban J connectivity index is 1.70. The van der Waals surface area contributed by atoms with E-state index in [9.17, 15) is 0 Å². The third-order valence-electron chi connectivity index (χ3n) is 7.24. The van der Waals surface area contributed by atoms with Crippen molar-refractivity contribution in [2.45, 2.75) is 58.3 Å². The molecule has 3 aliphatic carbocycles. The number of hydrogen-bond donors (Lipinski definition) is 0. The Morgan fingerprint density at radius 2 is 2.05 bits per heavy atom. The van der Waals surface area contributed by atoms with Gasteiger partial charge in [0.2, 0.25) is 0 Å². The van der Waals surface area contributed by atoms with Crippen molar-refractivity contribution in [3.05, 3.63) is 47.5 Å². The molecule has 5 atom stereocenters. The molecule has 0 aliphatic heterocycles. The predicted octanol–water partition coefficient (Wildman–Crippen LogP) is 5.65. The van der Waals surface area contributed by atoms with Crippen LogP contribution in [0.5, 0.6) is 0 Å². The van der Waals surface area contributed by atoms with Crippen molar-refractivity contribution >= 4 is 0 Å². The molecule has 0 bridgehead atoms. The van der Waals surface area contributed by atoms with Gasteiger partial charge in [0.1, 0.15) is 0 Å². The normalized spacial score (nSPS) is 41.0. The van der Waals surface area contributed by atoms with E-state index in [1.54, 1.807) is 11.1 Å². The Morgan fingerprint density at radius 1 is 1.19 bits per heavy atom. The molecule has 0 heteroatoms. The Labute approximate surface area is 129 Å². The average molecular weight is 280 g/mol. The second-order valence-electron chi connectivity index (χ2n) is 8.08. The summed E-state index contributed by atoms with van der Waals surface area (Å²) in [6.07, 6.45) is 10.6. The molecule has 5 unspecified atom stereocenters. The van der Waals surface area contributed by atoms with E-state index in [2.05, 4.69) is 44.7 Å². The number of hydrogen-bond acceptors (Lipinski definition) is 0. The van der Waals surface area contributed by atoms with E-state index in [4.69, 9.17) is 0 Å². The number of aryl methyl sites for hydroxylation is 2. The van der Waals surface area contributed by atoms with Gasteiger partial charge >= 0.3 is 0 Å². The molecule has 4 rings (SSSR count). The summed E-state index contributed by atoms with van der Waals surface area (Å²) in [5.41, 5.74) is 5.32. The molecule has 112 valence electrons. The fourth-order valence-corrected chi connectivity index (χ4v) is 6.14. The van der Waals surface area contributed by atoms with Gasteiger partial charge in [-0.1, -0.05) is 36.8 Å². The van der Waals surface area contributed by atoms with Gasteiger partial charge in [0.25, 0.3) is 0 Å². The van der Waals surface area contributed by atoms with Gasteiger partial charge in [0.05, 0.1) is 0 Å². The van der Waals surface area contributed by atoms with Crippen molar-refractivity contribution in [3.8, 4) is 0 Å². The van der Waals surface area contributed by atoms with Gasteiger partial charge in [-0.15, -0.1) is 6.58 Å². The van der Waals surface area contributed by atoms with Crippen LogP contribution in [0.3, 0.4) is 0 Å². The quantitative estimate of drug-likeness (QED) is 0.583. The number of benzene rings is 1. The van der Waals surface area contributed by atoms with Crippen LogP contribution in [0.15, 0.2) is 30.9 Å². The molecule has 0 amide bonds. The minimum absolute atomic E-state index is 0.547. The first-order valence-corrected chi connectivity index (χ1v) is 8.85. The molecule has 0 spiro atoms. The lowest BCUT2D eigenvalue weighted by molar-refractivity contribution is 0.0410. The molecular formula is C21H28. The first-order chi connectivity index (χ1) is 10.1. The zero-order chi connectivity index (χ0) is 14.6. The van der Waals surface area contributed by atoms with Crippen LogP contribution in [0, 0.1) is 30.1 Å². The number of allylic oxidation sites excluding steroid dienone is 1. The highest BCUT2D eigenvalue weighted by Crippen LogP contribution is 2.63. The van der Waals surface area contributed by atoms with Gasteiger partial charge in [-0.3, -0.25) is 0 Å². The van der Waals surface area contributed by atoms with Crippen molar-refractivity contribution in [2.75, 3.05) is 0 Å². The van der Waals surface area contributed by atoms with E-state index in [0.717, 1.165) is 23.7 Å². The lowest BCUT2D eigenvalue weighted by atomic mass is 9.54. The van der Waals surface area contributed by atoms with E-state index in [0.29, 0.717) is 5.41 Å². The van der Waals surface area contributed by atoms with Gasteiger partial charge in [-0.25, -0.2) is 0 Å². The first-order valence-electron chi connectivity index (χ1n) is 8.85. The summed E-state index contributed by atoms with van der Waals surface area (Å²) in [5, 5.41) is 0. The van der Waals surface area contributed by atoms with Crippen molar-refractivity contribution in [1.29, 1.82) is 0 Å².